The van der Waals surface area contributed by atoms with Crippen LogP contribution in [0.15, 0.2) is 54.6 Å². The number of nitro benzene ring substituents is 1. The van der Waals surface area contributed by atoms with Gasteiger partial charge in [-0.3, -0.25) is 14.9 Å². The molecule has 0 aliphatic carbocycles. The van der Waals surface area contributed by atoms with E-state index in [4.69, 9.17) is 0 Å². The number of rotatable bonds is 5. The quantitative estimate of drug-likeness (QED) is 0.623. The van der Waals surface area contributed by atoms with Crippen LogP contribution in [0.3, 0.4) is 0 Å². The number of benzene rings is 2. The molecule has 1 aliphatic rings. The Kier molecular flexibility index (Phi) is 4.62. The van der Waals surface area contributed by atoms with E-state index in [2.05, 4.69) is 0 Å². The number of nitro groups is 1. The molecule has 0 N–H and O–H groups in total. The average molecular weight is 328 g/mol. The minimum Gasteiger partial charge on any atom is -0.325 e. The molecule has 0 saturated carbocycles. The van der Waals surface area contributed by atoms with E-state index >= 15 is 0 Å². The summed E-state index contributed by atoms with van der Waals surface area (Å²) in [5.41, 5.74) is 1.82. The van der Waals surface area contributed by atoms with E-state index in [0.717, 1.165) is 12.0 Å². The molecule has 23 heavy (non-hydrogen) atoms. The van der Waals surface area contributed by atoms with Gasteiger partial charge >= 0.3 is 0 Å². The van der Waals surface area contributed by atoms with Crippen molar-refractivity contribution >= 4 is 23.4 Å². The van der Waals surface area contributed by atoms with Gasteiger partial charge in [0.05, 0.1) is 16.2 Å². The van der Waals surface area contributed by atoms with Gasteiger partial charge in [0, 0.05) is 12.6 Å². The topological polar surface area (TPSA) is 63.4 Å². The summed E-state index contributed by atoms with van der Waals surface area (Å²) in [6.45, 7) is 0.562. The van der Waals surface area contributed by atoms with Crippen LogP contribution in [0.4, 0.5) is 5.69 Å². The summed E-state index contributed by atoms with van der Waals surface area (Å²) in [4.78, 5) is 24.8. The molecule has 2 aromatic rings. The van der Waals surface area contributed by atoms with Crippen molar-refractivity contribution in [3.8, 4) is 0 Å². The molecule has 1 aliphatic heterocycles. The molecule has 118 valence electrons. The molecule has 0 radical (unpaired) electrons. The lowest BCUT2D eigenvalue weighted by Gasteiger charge is -2.24. The van der Waals surface area contributed by atoms with Gasteiger partial charge in [-0.05, 0) is 18.1 Å². The van der Waals surface area contributed by atoms with Crippen molar-refractivity contribution < 1.29 is 9.72 Å². The summed E-state index contributed by atoms with van der Waals surface area (Å²) in [5, 5.41) is 11.0. The molecule has 0 unspecified atom stereocenters. The average Bonchev–Trinajstić information content (AvgIpc) is 2.94. The first-order chi connectivity index (χ1) is 11.2. The van der Waals surface area contributed by atoms with Gasteiger partial charge in [0.25, 0.3) is 5.69 Å². The molecule has 5 nitrogen and oxygen atoms in total. The maximum absolute atomic E-state index is 12.2. The highest BCUT2D eigenvalue weighted by Gasteiger charge is 2.35. The monoisotopic (exact) mass is 328 g/mol. The van der Waals surface area contributed by atoms with Crippen LogP contribution < -0.4 is 0 Å². The van der Waals surface area contributed by atoms with Crippen LogP contribution in [-0.2, 0) is 11.2 Å². The number of carbonyl (C=O) groups excluding carboxylic acids is 1. The Morgan fingerprint density at radius 3 is 2.57 bits per heavy atom. The molecule has 1 fully saturated rings. The zero-order valence-corrected chi connectivity index (χ0v) is 13.2. The van der Waals surface area contributed by atoms with Crippen molar-refractivity contribution in [2.24, 2.45) is 0 Å². The molecule has 1 atom stereocenters. The van der Waals surface area contributed by atoms with Gasteiger partial charge in [-0.2, -0.15) is 0 Å². The summed E-state index contributed by atoms with van der Waals surface area (Å²) >= 11 is 1.45. The number of para-hydroxylation sites is 1. The zero-order valence-electron chi connectivity index (χ0n) is 12.4. The Labute approximate surface area is 138 Å². The largest absolute Gasteiger partial charge is 0.325 e. The lowest BCUT2D eigenvalue weighted by molar-refractivity contribution is -0.385. The third-order valence-corrected chi connectivity index (χ3v) is 5.09. The van der Waals surface area contributed by atoms with Gasteiger partial charge in [-0.1, -0.05) is 42.5 Å². The van der Waals surface area contributed by atoms with E-state index in [1.165, 1.54) is 17.8 Å². The predicted octanol–water partition coefficient (Wildman–Crippen LogP) is 3.41. The highest BCUT2D eigenvalue weighted by atomic mass is 32.2. The first-order valence-electron chi connectivity index (χ1n) is 7.35. The molecular weight excluding hydrogens is 312 g/mol. The number of carbonyl (C=O) groups is 1. The maximum Gasteiger partial charge on any atom is 0.275 e. The van der Waals surface area contributed by atoms with Gasteiger partial charge in [-0.15, -0.1) is 11.8 Å². The summed E-state index contributed by atoms with van der Waals surface area (Å²) < 4.78 is 0. The SMILES string of the molecule is O=C1CS[C@H](c2ccccc2[N+](=O)[O-])N1CCc1ccccc1. The molecule has 1 heterocycles. The molecule has 0 aromatic heterocycles. The molecule has 1 amide bonds. The second-order valence-corrected chi connectivity index (χ2v) is 6.37. The van der Waals surface area contributed by atoms with Gasteiger partial charge in [0.1, 0.15) is 5.37 Å². The molecule has 0 bridgehead atoms. The van der Waals surface area contributed by atoms with Crippen molar-refractivity contribution in [1.29, 1.82) is 0 Å². The van der Waals surface area contributed by atoms with E-state index in [1.807, 2.05) is 30.3 Å². The minimum atomic E-state index is -0.381. The van der Waals surface area contributed by atoms with E-state index in [-0.39, 0.29) is 21.9 Å². The smallest absolute Gasteiger partial charge is 0.275 e. The Morgan fingerprint density at radius 2 is 1.83 bits per heavy atom. The Morgan fingerprint density at radius 1 is 1.13 bits per heavy atom. The lowest BCUT2D eigenvalue weighted by Crippen LogP contribution is -2.30. The zero-order chi connectivity index (χ0) is 16.2. The van der Waals surface area contributed by atoms with E-state index in [9.17, 15) is 14.9 Å². The van der Waals surface area contributed by atoms with Crippen LogP contribution in [0.1, 0.15) is 16.5 Å². The standard InChI is InChI=1S/C17H16N2O3S/c20-16-12-23-17(14-8-4-5-9-15(14)19(21)22)18(16)11-10-13-6-2-1-3-7-13/h1-9,17H,10-12H2/t17-/m1/s1. The van der Waals surface area contributed by atoms with Crippen molar-refractivity contribution in [2.75, 3.05) is 12.3 Å². The molecule has 2 aromatic carbocycles. The summed E-state index contributed by atoms with van der Waals surface area (Å²) in [5.74, 6) is 0.403. The van der Waals surface area contributed by atoms with Crippen molar-refractivity contribution in [3.05, 3.63) is 75.8 Å². The number of amides is 1. The fourth-order valence-electron chi connectivity index (χ4n) is 2.71. The van der Waals surface area contributed by atoms with Crippen LogP contribution in [0, 0.1) is 10.1 Å². The molecule has 1 saturated heterocycles. The lowest BCUT2D eigenvalue weighted by atomic mass is 10.1. The second-order valence-electron chi connectivity index (χ2n) is 5.30. The Hall–Kier alpha value is -2.34. The number of thioether (sulfide) groups is 1. The van der Waals surface area contributed by atoms with Gasteiger partial charge in [0.2, 0.25) is 5.91 Å². The summed E-state index contributed by atoms with van der Waals surface area (Å²) in [6, 6.07) is 16.6. The highest BCUT2D eigenvalue weighted by molar-refractivity contribution is 8.00. The molecule has 6 heteroatoms. The molecular formula is C17H16N2O3S. The van der Waals surface area contributed by atoms with Gasteiger partial charge in [0.15, 0.2) is 0 Å². The fraction of sp³-hybridized carbons (Fsp3) is 0.235. The van der Waals surface area contributed by atoms with Crippen LogP contribution in [0.25, 0.3) is 0 Å². The van der Waals surface area contributed by atoms with Crippen LogP contribution >= 0.6 is 11.8 Å². The summed E-state index contributed by atoms with van der Waals surface area (Å²) in [6.07, 6.45) is 0.740. The van der Waals surface area contributed by atoms with E-state index in [1.54, 1.807) is 23.1 Å². The van der Waals surface area contributed by atoms with Crippen molar-refractivity contribution in [3.63, 3.8) is 0 Å². The molecule has 3 rings (SSSR count). The second kappa shape index (κ2) is 6.83. The molecule has 0 spiro atoms. The van der Waals surface area contributed by atoms with Crippen molar-refractivity contribution in [2.45, 2.75) is 11.8 Å². The van der Waals surface area contributed by atoms with Crippen LogP contribution in [0.2, 0.25) is 0 Å². The number of hydrogen-bond acceptors (Lipinski definition) is 4. The Balaban J connectivity index is 1.81. The highest BCUT2D eigenvalue weighted by Crippen LogP contribution is 2.42. The fourth-order valence-corrected chi connectivity index (χ4v) is 3.96. The number of hydrogen-bond donors (Lipinski definition) is 0. The number of nitrogens with zero attached hydrogens (tertiary/aromatic N) is 2. The van der Waals surface area contributed by atoms with Crippen molar-refractivity contribution in [1.82, 2.24) is 4.90 Å². The normalized spacial score (nSPS) is 17.5. The van der Waals surface area contributed by atoms with Gasteiger partial charge in [-0.25, -0.2) is 0 Å². The first kappa shape index (κ1) is 15.6. The van der Waals surface area contributed by atoms with Gasteiger partial charge < -0.3 is 4.90 Å². The third-order valence-electron chi connectivity index (χ3n) is 3.85. The minimum absolute atomic E-state index is 0.0362. The summed E-state index contributed by atoms with van der Waals surface area (Å²) in [7, 11) is 0. The van der Waals surface area contributed by atoms with E-state index in [0.29, 0.717) is 17.9 Å². The maximum atomic E-state index is 12.2. The van der Waals surface area contributed by atoms with E-state index < -0.39 is 0 Å². The van der Waals surface area contributed by atoms with Crippen LogP contribution in [-0.4, -0.2) is 28.0 Å². The third kappa shape index (κ3) is 3.37. The predicted molar refractivity (Wildman–Crippen MR) is 90.2 cm³/mol. The Bertz CT molecular complexity index is 721. The first-order valence-corrected chi connectivity index (χ1v) is 8.40. The van der Waals surface area contributed by atoms with Crippen LogP contribution in [0.5, 0.6) is 0 Å².